The first kappa shape index (κ1) is 9.88. The summed E-state index contributed by atoms with van der Waals surface area (Å²) in [6, 6.07) is 6.40. The molecule has 2 nitrogen and oxygen atoms in total. The van der Waals surface area contributed by atoms with Gasteiger partial charge in [-0.05, 0) is 35.4 Å². The van der Waals surface area contributed by atoms with Crippen molar-refractivity contribution in [3.05, 3.63) is 29.3 Å². The second-order valence-corrected chi connectivity index (χ2v) is 6.05. The highest BCUT2D eigenvalue weighted by Gasteiger charge is 2.56. The number of rotatable bonds is 0. The van der Waals surface area contributed by atoms with Crippen molar-refractivity contribution >= 4 is 11.6 Å². The van der Waals surface area contributed by atoms with Crippen molar-refractivity contribution in [1.82, 2.24) is 0 Å². The van der Waals surface area contributed by atoms with E-state index in [2.05, 4.69) is 44.3 Å². The number of anilines is 1. The van der Waals surface area contributed by atoms with Crippen molar-refractivity contribution in [2.24, 2.45) is 0 Å². The van der Waals surface area contributed by atoms with E-state index >= 15 is 0 Å². The maximum atomic E-state index is 11.9. The molecule has 1 aromatic carbocycles. The molecule has 0 saturated heterocycles. The lowest BCUT2D eigenvalue weighted by atomic mass is 9.84. The maximum Gasteiger partial charge on any atom is 0.235 e. The Balaban J connectivity index is 2.14. The fraction of sp³-hybridized carbons (Fsp3) is 0.500. The molecule has 1 saturated carbocycles. The number of hydrogen-bond acceptors (Lipinski definition) is 1. The lowest BCUT2D eigenvalue weighted by Gasteiger charge is -2.20. The van der Waals surface area contributed by atoms with E-state index in [1.54, 1.807) is 0 Å². The van der Waals surface area contributed by atoms with Crippen LogP contribution in [0.2, 0.25) is 0 Å². The summed E-state index contributed by atoms with van der Waals surface area (Å²) in [5.41, 5.74) is 3.56. The molecule has 0 unspecified atom stereocenters. The zero-order valence-corrected chi connectivity index (χ0v) is 10.1. The first-order chi connectivity index (χ1) is 7.43. The third-order valence-electron chi connectivity index (χ3n) is 3.83. The van der Waals surface area contributed by atoms with E-state index in [0.717, 1.165) is 18.5 Å². The first-order valence-electron chi connectivity index (χ1n) is 5.90. The van der Waals surface area contributed by atoms with Crippen molar-refractivity contribution in [3.63, 3.8) is 0 Å². The molecule has 0 bridgehead atoms. The fourth-order valence-corrected chi connectivity index (χ4v) is 2.50. The van der Waals surface area contributed by atoms with Crippen LogP contribution in [-0.2, 0) is 15.6 Å². The maximum absolute atomic E-state index is 11.9. The number of hydrogen-bond donors (Lipinski definition) is 1. The van der Waals surface area contributed by atoms with Crippen LogP contribution in [0.15, 0.2) is 18.2 Å². The average molecular weight is 215 g/mol. The molecular weight excluding hydrogens is 198 g/mol. The smallest absolute Gasteiger partial charge is 0.235 e. The van der Waals surface area contributed by atoms with Gasteiger partial charge < -0.3 is 5.32 Å². The first-order valence-corrected chi connectivity index (χ1v) is 5.90. The molecule has 1 aromatic rings. The molecule has 1 aliphatic carbocycles. The summed E-state index contributed by atoms with van der Waals surface area (Å²) in [7, 11) is 0. The van der Waals surface area contributed by atoms with E-state index in [4.69, 9.17) is 0 Å². The molecule has 1 spiro atoms. The minimum atomic E-state index is -0.156. The van der Waals surface area contributed by atoms with Crippen LogP contribution >= 0.6 is 0 Å². The zero-order chi connectivity index (χ0) is 11.6. The van der Waals surface area contributed by atoms with Crippen LogP contribution < -0.4 is 5.32 Å². The summed E-state index contributed by atoms with van der Waals surface area (Å²) in [4.78, 5) is 11.9. The van der Waals surface area contributed by atoms with Gasteiger partial charge in [-0.3, -0.25) is 4.79 Å². The molecule has 0 aromatic heterocycles. The highest BCUT2D eigenvalue weighted by molar-refractivity contribution is 6.08. The van der Waals surface area contributed by atoms with Gasteiger partial charge in [0.25, 0.3) is 0 Å². The van der Waals surface area contributed by atoms with Crippen LogP contribution in [-0.4, -0.2) is 5.91 Å². The summed E-state index contributed by atoms with van der Waals surface area (Å²) in [5.74, 6) is 0.202. The van der Waals surface area contributed by atoms with Crippen molar-refractivity contribution in [2.45, 2.75) is 44.4 Å². The predicted octanol–water partition coefficient (Wildman–Crippen LogP) is 2.97. The van der Waals surface area contributed by atoms with Crippen molar-refractivity contribution in [3.8, 4) is 0 Å². The number of carbonyl (C=O) groups is 1. The minimum absolute atomic E-state index is 0.150. The van der Waals surface area contributed by atoms with E-state index in [-0.39, 0.29) is 16.7 Å². The standard InChI is InChI=1S/C14H17NO/c1-13(2,3)9-4-5-11-10(8-9)14(6-7-14)12(16)15-11/h4-5,8H,6-7H2,1-3H3,(H,15,16). The largest absolute Gasteiger partial charge is 0.325 e. The predicted molar refractivity (Wildman–Crippen MR) is 64.7 cm³/mol. The van der Waals surface area contributed by atoms with Crippen LogP contribution in [0.25, 0.3) is 0 Å². The van der Waals surface area contributed by atoms with Crippen LogP contribution in [0.3, 0.4) is 0 Å². The summed E-state index contributed by atoms with van der Waals surface area (Å²) in [6.07, 6.45) is 2.03. The second kappa shape index (κ2) is 2.68. The summed E-state index contributed by atoms with van der Waals surface area (Å²) >= 11 is 0. The molecule has 1 fully saturated rings. The SMILES string of the molecule is CC(C)(C)c1ccc2c(c1)C1(CC1)C(=O)N2. The Morgan fingerprint density at radius 2 is 1.94 bits per heavy atom. The average Bonchev–Trinajstić information content (AvgIpc) is 2.92. The van der Waals surface area contributed by atoms with E-state index in [9.17, 15) is 4.79 Å². The van der Waals surface area contributed by atoms with Gasteiger partial charge in [-0.25, -0.2) is 0 Å². The van der Waals surface area contributed by atoms with Gasteiger partial charge >= 0.3 is 0 Å². The highest BCUT2D eigenvalue weighted by Crippen LogP contribution is 2.55. The summed E-state index contributed by atoms with van der Waals surface area (Å²) in [5, 5.41) is 2.99. The molecule has 1 N–H and O–H groups in total. The molecule has 84 valence electrons. The number of fused-ring (bicyclic) bond motifs is 2. The van der Waals surface area contributed by atoms with Gasteiger partial charge in [-0.2, -0.15) is 0 Å². The second-order valence-electron chi connectivity index (χ2n) is 6.05. The quantitative estimate of drug-likeness (QED) is 0.708. The van der Waals surface area contributed by atoms with Gasteiger partial charge in [0.15, 0.2) is 0 Å². The summed E-state index contributed by atoms with van der Waals surface area (Å²) in [6.45, 7) is 6.62. The van der Waals surface area contributed by atoms with E-state index in [1.807, 2.05) is 0 Å². The number of nitrogens with one attached hydrogen (secondary N) is 1. The fourth-order valence-electron chi connectivity index (χ4n) is 2.50. The van der Waals surface area contributed by atoms with Crippen molar-refractivity contribution in [2.75, 3.05) is 5.32 Å². The molecule has 1 heterocycles. The molecule has 2 aliphatic rings. The molecule has 2 heteroatoms. The van der Waals surface area contributed by atoms with E-state index in [1.165, 1.54) is 11.1 Å². The normalized spacial score (nSPS) is 20.8. The minimum Gasteiger partial charge on any atom is -0.325 e. The number of amides is 1. The number of carbonyl (C=O) groups excluding carboxylic acids is 1. The summed E-state index contributed by atoms with van der Waals surface area (Å²) < 4.78 is 0. The van der Waals surface area contributed by atoms with Crippen LogP contribution in [0.5, 0.6) is 0 Å². The molecule has 3 rings (SSSR count). The Morgan fingerprint density at radius 1 is 1.25 bits per heavy atom. The Hall–Kier alpha value is -1.31. The molecule has 16 heavy (non-hydrogen) atoms. The highest BCUT2D eigenvalue weighted by atomic mass is 16.2. The van der Waals surface area contributed by atoms with Crippen LogP contribution in [0, 0.1) is 0 Å². The van der Waals surface area contributed by atoms with E-state index in [0.29, 0.717) is 0 Å². The molecule has 1 amide bonds. The molecule has 1 aliphatic heterocycles. The van der Waals surface area contributed by atoms with Crippen molar-refractivity contribution < 1.29 is 4.79 Å². The van der Waals surface area contributed by atoms with Gasteiger partial charge in [0, 0.05) is 5.69 Å². The zero-order valence-electron chi connectivity index (χ0n) is 10.1. The Kier molecular flexibility index (Phi) is 1.65. The van der Waals surface area contributed by atoms with Gasteiger partial charge in [0.05, 0.1) is 5.41 Å². The number of benzene rings is 1. The van der Waals surface area contributed by atoms with E-state index < -0.39 is 0 Å². The lowest BCUT2D eigenvalue weighted by molar-refractivity contribution is -0.117. The Morgan fingerprint density at radius 3 is 2.50 bits per heavy atom. The topological polar surface area (TPSA) is 29.1 Å². The monoisotopic (exact) mass is 215 g/mol. The molecule has 0 atom stereocenters. The van der Waals surface area contributed by atoms with Gasteiger partial charge in [-0.1, -0.05) is 32.9 Å². The Labute approximate surface area is 96.1 Å². The molecule has 0 radical (unpaired) electrons. The third-order valence-corrected chi connectivity index (χ3v) is 3.83. The van der Waals surface area contributed by atoms with Gasteiger partial charge in [-0.15, -0.1) is 0 Å². The lowest BCUT2D eigenvalue weighted by Crippen LogP contribution is -2.18. The van der Waals surface area contributed by atoms with Gasteiger partial charge in [0.1, 0.15) is 0 Å². The molecular formula is C14H17NO. The Bertz CT molecular complexity index is 478. The van der Waals surface area contributed by atoms with Crippen LogP contribution in [0.1, 0.15) is 44.7 Å². The van der Waals surface area contributed by atoms with Gasteiger partial charge in [0.2, 0.25) is 5.91 Å². The third kappa shape index (κ3) is 1.16. The van der Waals surface area contributed by atoms with Crippen LogP contribution in [0.4, 0.5) is 5.69 Å². The van der Waals surface area contributed by atoms with Crippen molar-refractivity contribution in [1.29, 1.82) is 0 Å².